The second kappa shape index (κ2) is 8.34. The van der Waals surface area contributed by atoms with Gasteiger partial charge in [0.15, 0.2) is 5.60 Å². The van der Waals surface area contributed by atoms with Gasteiger partial charge in [-0.25, -0.2) is 4.39 Å². The van der Waals surface area contributed by atoms with Gasteiger partial charge in [0, 0.05) is 34.4 Å². The molecule has 4 nitrogen and oxygen atoms in total. The summed E-state index contributed by atoms with van der Waals surface area (Å²) in [7, 11) is 1.36. The van der Waals surface area contributed by atoms with Gasteiger partial charge in [0.25, 0.3) is 0 Å². The number of aromatic nitrogens is 1. The Balaban J connectivity index is 1.93. The first-order valence-corrected chi connectivity index (χ1v) is 9.67. The lowest BCUT2D eigenvalue weighted by atomic mass is 9.74. The van der Waals surface area contributed by atoms with Gasteiger partial charge >= 0.3 is 6.18 Å². The van der Waals surface area contributed by atoms with Crippen molar-refractivity contribution in [3.05, 3.63) is 66.2 Å². The number of alkyl halides is 3. The summed E-state index contributed by atoms with van der Waals surface area (Å²) in [6.45, 7) is 2.26. The van der Waals surface area contributed by atoms with Crippen LogP contribution in [0.3, 0.4) is 0 Å². The highest BCUT2D eigenvalue weighted by Gasteiger charge is 2.56. The van der Waals surface area contributed by atoms with Crippen LogP contribution in [0, 0.1) is 5.82 Å². The van der Waals surface area contributed by atoms with E-state index in [1.165, 1.54) is 33.1 Å². The highest BCUT2D eigenvalue weighted by molar-refractivity contribution is 5.93. The van der Waals surface area contributed by atoms with E-state index in [2.05, 4.69) is 10.3 Å². The number of benzene rings is 2. The molecule has 166 valence electrons. The van der Waals surface area contributed by atoms with E-state index in [4.69, 9.17) is 4.74 Å². The second-order valence-corrected chi connectivity index (χ2v) is 8.19. The zero-order valence-corrected chi connectivity index (χ0v) is 17.4. The summed E-state index contributed by atoms with van der Waals surface area (Å²) in [6.07, 6.45) is -2.48. The van der Waals surface area contributed by atoms with Crippen LogP contribution in [0.25, 0.3) is 10.8 Å². The van der Waals surface area contributed by atoms with Crippen LogP contribution in [0.1, 0.15) is 25.8 Å². The van der Waals surface area contributed by atoms with Gasteiger partial charge in [-0.1, -0.05) is 26.0 Å². The summed E-state index contributed by atoms with van der Waals surface area (Å²) in [5.41, 5.74) is -3.64. The molecule has 3 rings (SSSR count). The second-order valence-electron chi connectivity index (χ2n) is 8.19. The summed E-state index contributed by atoms with van der Waals surface area (Å²) in [5, 5.41) is 15.0. The lowest BCUT2D eigenvalue weighted by Crippen LogP contribution is -2.53. The van der Waals surface area contributed by atoms with Crippen molar-refractivity contribution in [3.63, 3.8) is 0 Å². The van der Waals surface area contributed by atoms with Gasteiger partial charge in [0.2, 0.25) is 0 Å². The minimum atomic E-state index is -4.93. The maximum atomic E-state index is 14.0. The molecule has 1 atom stereocenters. The first-order chi connectivity index (χ1) is 14.5. The quantitative estimate of drug-likeness (QED) is 0.483. The topological polar surface area (TPSA) is 54.4 Å². The van der Waals surface area contributed by atoms with E-state index in [1.54, 1.807) is 36.7 Å². The van der Waals surface area contributed by atoms with Crippen LogP contribution in [0.4, 0.5) is 23.2 Å². The predicted molar refractivity (Wildman–Crippen MR) is 112 cm³/mol. The standard InChI is InChI=1S/C23H24F4N2O2/c1-21(2,18-11-16(24)7-8-20(18)31-3)13-22(30,23(25,26)27)14-29-19-6-4-5-15-12-28-10-9-17(15)19/h4-12,29-30H,13-14H2,1-3H3. The van der Waals surface area contributed by atoms with E-state index in [0.29, 0.717) is 11.1 Å². The average Bonchev–Trinajstić information content (AvgIpc) is 2.71. The number of aliphatic hydroxyl groups is 1. The molecule has 0 amide bonds. The Bertz CT molecular complexity index is 1060. The van der Waals surface area contributed by atoms with Gasteiger partial charge in [0.05, 0.1) is 13.7 Å². The molecule has 1 unspecified atom stereocenters. The third-order valence-corrected chi connectivity index (χ3v) is 5.40. The molecule has 1 aromatic heterocycles. The monoisotopic (exact) mass is 436 g/mol. The molecule has 0 fully saturated rings. The van der Waals surface area contributed by atoms with E-state index < -0.39 is 36.0 Å². The van der Waals surface area contributed by atoms with Crippen molar-refractivity contribution in [3.8, 4) is 5.75 Å². The van der Waals surface area contributed by atoms with Gasteiger partial charge in [-0.3, -0.25) is 4.98 Å². The normalized spacial score (nSPS) is 14.3. The van der Waals surface area contributed by atoms with Crippen molar-refractivity contribution in [2.75, 3.05) is 19.0 Å². The summed E-state index contributed by atoms with van der Waals surface area (Å²) in [5.74, 6) is -0.340. The third-order valence-electron chi connectivity index (χ3n) is 5.40. The number of nitrogens with zero attached hydrogens (tertiary/aromatic N) is 1. The van der Waals surface area contributed by atoms with Crippen molar-refractivity contribution < 1.29 is 27.4 Å². The smallest absolute Gasteiger partial charge is 0.418 e. The molecule has 0 saturated heterocycles. The van der Waals surface area contributed by atoms with Crippen LogP contribution >= 0.6 is 0 Å². The minimum Gasteiger partial charge on any atom is -0.496 e. The molecule has 0 saturated carbocycles. The van der Waals surface area contributed by atoms with Crippen molar-refractivity contribution in [2.45, 2.75) is 37.5 Å². The fourth-order valence-corrected chi connectivity index (χ4v) is 3.82. The molecular formula is C23H24F4N2O2. The van der Waals surface area contributed by atoms with Gasteiger partial charge in [-0.15, -0.1) is 0 Å². The number of hydrogen-bond donors (Lipinski definition) is 2. The average molecular weight is 436 g/mol. The Morgan fingerprint density at radius 1 is 1.10 bits per heavy atom. The minimum absolute atomic E-state index is 0.244. The largest absolute Gasteiger partial charge is 0.496 e. The Morgan fingerprint density at radius 2 is 1.84 bits per heavy atom. The Hall–Kier alpha value is -2.87. The zero-order chi connectivity index (χ0) is 22.9. The Kier molecular flexibility index (Phi) is 6.14. The molecule has 0 spiro atoms. The van der Waals surface area contributed by atoms with Gasteiger partial charge in [0.1, 0.15) is 11.6 Å². The van der Waals surface area contributed by atoms with E-state index in [1.807, 2.05) is 0 Å². The van der Waals surface area contributed by atoms with Crippen molar-refractivity contribution in [1.29, 1.82) is 0 Å². The first kappa shape index (κ1) is 22.8. The molecule has 2 N–H and O–H groups in total. The molecule has 0 aliphatic carbocycles. The number of halogens is 4. The lowest BCUT2D eigenvalue weighted by molar-refractivity contribution is -0.260. The van der Waals surface area contributed by atoms with Crippen molar-refractivity contribution in [1.82, 2.24) is 4.98 Å². The first-order valence-electron chi connectivity index (χ1n) is 9.67. The summed E-state index contributed by atoms with van der Waals surface area (Å²) in [4.78, 5) is 4.01. The van der Waals surface area contributed by atoms with E-state index >= 15 is 0 Å². The molecule has 2 aromatic carbocycles. The van der Waals surface area contributed by atoms with Crippen LogP contribution in [-0.2, 0) is 5.41 Å². The van der Waals surface area contributed by atoms with Gasteiger partial charge in [-0.2, -0.15) is 13.2 Å². The van der Waals surface area contributed by atoms with E-state index in [0.717, 1.165) is 11.5 Å². The van der Waals surface area contributed by atoms with Crippen LogP contribution < -0.4 is 10.1 Å². The maximum absolute atomic E-state index is 14.0. The molecule has 1 heterocycles. The van der Waals surface area contributed by atoms with Crippen molar-refractivity contribution in [2.24, 2.45) is 0 Å². The third kappa shape index (κ3) is 4.74. The summed E-state index contributed by atoms with van der Waals surface area (Å²) >= 11 is 0. The number of fused-ring (bicyclic) bond motifs is 1. The summed E-state index contributed by atoms with van der Waals surface area (Å²) in [6, 6.07) is 10.5. The molecular weight excluding hydrogens is 412 g/mol. The molecule has 0 aliphatic heterocycles. The van der Waals surface area contributed by atoms with Crippen LogP contribution in [-0.4, -0.2) is 35.5 Å². The number of ether oxygens (including phenoxy) is 1. The number of pyridine rings is 1. The Labute approximate surface area is 177 Å². The Morgan fingerprint density at radius 3 is 2.52 bits per heavy atom. The molecule has 0 aliphatic rings. The predicted octanol–water partition coefficient (Wildman–Crippen LogP) is 5.46. The maximum Gasteiger partial charge on any atom is 0.418 e. The molecule has 8 heteroatoms. The fourth-order valence-electron chi connectivity index (χ4n) is 3.82. The zero-order valence-electron chi connectivity index (χ0n) is 17.4. The van der Waals surface area contributed by atoms with Gasteiger partial charge in [-0.05, 0) is 42.2 Å². The lowest BCUT2D eigenvalue weighted by Gasteiger charge is -2.38. The van der Waals surface area contributed by atoms with Crippen LogP contribution in [0.5, 0.6) is 5.75 Å². The number of anilines is 1. The molecule has 0 radical (unpaired) electrons. The van der Waals surface area contributed by atoms with Crippen LogP contribution in [0.2, 0.25) is 0 Å². The number of rotatable bonds is 7. The molecule has 3 aromatic rings. The van der Waals surface area contributed by atoms with E-state index in [9.17, 15) is 22.7 Å². The highest BCUT2D eigenvalue weighted by Crippen LogP contribution is 2.44. The number of nitrogens with one attached hydrogen (secondary N) is 1. The van der Waals surface area contributed by atoms with Gasteiger partial charge < -0.3 is 15.2 Å². The number of methoxy groups -OCH3 is 1. The summed E-state index contributed by atoms with van der Waals surface area (Å²) < 4.78 is 61.1. The fraction of sp³-hybridized carbons (Fsp3) is 0.348. The molecule has 31 heavy (non-hydrogen) atoms. The highest BCUT2D eigenvalue weighted by atomic mass is 19.4. The molecule has 0 bridgehead atoms. The number of hydrogen-bond acceptors (Lipinski definition) is 4. The van der Waals surface area contributed by atoms with Crippen LogP contribution in [0.15, 0.2) is 54.9 Å². The van der Waals surface area contributed by atoms with Crippen molar-refractivity contribution >= 4 is 16.5 Å². The SMILES string of the molecule is COc1ccc(F)cc1C(C)(C)CC(O)(CNc1cccc2cnccc12)C(F)(F)F. The van der Waals surface area contributed by atoms with E-state index in [-0.39, 0.29) is 11.3 Å².